The maximum Gasteiger partial charge on any atom is 2.00 e. The van der Waals surface area contributed by atoms with Crippen molar-refractivity contribution >= 4 is 37.2 Å². The zero-order valence-corrected chi connectivity index (χ0v) is 15.0. The number of hydrogen-bond donors (Lipinski definition) is 2. The number of carbonyl (C=O) groups excluding carboxylic acids is 2. The second-order valence-electron chi connectivity index (χ2n) is 2.28. The van der Waals surface area contributed by atoms with E-state index < -0.39 is 0 Å². The molecule has 0 spiro atoms. The molecule has 0 amide bonds. The Labute approximate surface area is 127 Å². The number of esters is 2. The molecule has 0 aliphatic rings. The summed E-state index contributed by atoms with van der Waals surface area (Å²) in [5.74, 6) is 0.308. The van der Waals surface area contributed by atoms with Crippen LogP contribution in [0.25, 0.3) is 0 Å². The molecular weight excluding hydrogens is 314 g/mol. The van der Waals surface area contributed by atoms with Crippen LogP contribution >= 0.6 is 25.3 Å². The third kappa shape index (κ3) is 21.8. The second kappa shape index (κ2) is 18.4. The normalized spacial score (nSPS) is 7.76. The van der Waals surface area contributed by atoms with Crippen LogP contribution in [0.2, 0.25) is 0 Å². The Morgan fingerprint density at radius 1 is 0.941 bits per heavy atom. The number of rotatable bonds is 6. The van der Waals surface area contributed by atoms with Crippen molar-refractivity contribution in [2.45, 2.75) is 13.8 Å². The summed E-state index contributed by atoms with van der Waals surface area (Å²) in [5, 5.41) is 0. The van der Waals surface area contributed by atoms with E-state index in [2.05, 4.69) is 34.7 Å². The average Bonchev–Trinajstić information content (AvgIpc) is 2.20. The Hall–Kier alpha value is 0.00338. The Kier molecular flexibility index (Phi) is 24.0. The van der Waals surface area contributed by atoms with Gasteiger partial charge < -0.3 is 9.47 Å². The Bertz CT molecular complexity index is 155. The van der Waals surface area contributed by atoms with Gasteiger partial charge in [-0.3, -0.25) is 22.4 Å². The van der Waals surface area contributed by atoms with Crippen molar-refractivity contribution in [1.29, 1.82) is 0 Å². The summed E-state index contributed by atoms with van der Waals surface area (Å²) in [7, 11) is 0. The zero-order valence-electron chi connectivity index (χ0n) is 10.2. The van der Waals surface area contributed by atoms with Gasteiger partial charge in [-0.15, -0.1) is 11.5 Å². The summed E-state index contributed by atoms with van der Waals surface area (Å²) in [6.07, 6.45) is 2.76. The molecule has 0 saturated carbocycles. The topological polar surface area (TPSA) is 52.6 Å². The van der Waals surface area contributed by atoms with Crippen LogP contribution in [0.1, 0.15) is 13.8 Å². The molecule has 0 aromatic heterocycles. The molecular formula is C10H18O4S2Zn. The van der Waals surface area contributed by atoms with E-state index in [0.29, 0.717) is 24.7 Å². The largest absolute Gasteiger partial charge is 2.00 e. The van der Waals surface area contributed by atoms with Gasteiger partial charge in [0.15, 0.2) is 11.9 Å². The van der Waals surface area contributed by atoms with E-state index >= 15 is 0 Å². The second-order valence-corrected chi connectivity index (χ2v) is 3.01. The van der Waals surface area contributed by atoms with Crippen LogP contribution in [0.5, 0.6) is 0 Å². The fraction of sp³-hybridized carbons (Fsp3) is 0.600. The molecule has 0 atom stereocenters. The van der Waals surface area contributed by atoms with Crippen LogP contribution < -0.4 is 0 Å². The van der Waals surface area contributed by atoms with Crippen molar-refractivity contribution < 1.29 is 38.5 Å². The number of ether oxygens (including phenoxy) is 2. The maximum atomic E-state index is 10.3. The predicted molar refractivity (Wildman–Crippen MR) is 69.6 cm³/mol. The molecule has 0 aliphatic carbocycles. The first-order valence-electron chi connectivity index (χ1n) is 4.83. The molecule has 0 radical (unpaired) electrons. The molecule has 0 fully saturated rings. The van der Waals surface area contributed by atoms with Gasteiger partial charge in [0, 0.05) is 0 Å². The summed E-state index contributed by atoms with van der Waals surface area (Å²) < 4.78 is 9.08. The van der Waals surface area contributed by atoms with Gasteiger partial charge in [-0.25, -0.2) is 25.3 Å². The Morgan fingerprint density at radius 2 is 1.24 bits per heavy atom. The van der Waals surface area contributed by atoms with Crippen LogP contribution in [0.15, 0.2) is 0 Å². The maximum absolute atomic E-state index is 10.3. The van der Waals surface area contributed by atoms with Crippen molar-refractivity contribution in [3.63, 3.8) is 0 Å². The molecule has 0 heterocycles. The van der Waals surface area contributed by atoms with Crippen LogP contribution in [0, 0.1) is 12.8 Å². The first-order chi connectivity index (χ1) is 7.62. The molecule has 17 heavy (non-hydrogen) atoms. The SMILES string of the molecule is CCOC(=O)[CH-]CS.CCOC(=O)[CH-]CS.[Zn+2]. The average molecular weight is 332 g/mol. The first kappa shape index (κ1) is 22.2. The minimum absolute atomic E-state index is 0. The van der Waals surface area contributed by atoms with Gasteiger partial charge in [0.25, 0.3) is 0 Å². The molecule has 0 saturated heterocycles. The van der Waals surface area contributed by atoms with Gasteiger partial charge in [0.2, 0.25) is 0 Å². The van der Waals surface area contributed by atoms with Crippen LogP contribution in [0.4, 0.5) is 0 Å². The number of thiol groups is 2. The van der Waals surface area contributed by atoms with Gasteiger partial charge >= 0.3 is 19.5 Å². The molecule has 4 nitrogen and oxygen atoms in total. The smallest absolute Gasteiger partial charge is 0.488 e. The monoisotopic (exact) mass is 330 g/mol. The molecule has 96 valence electrons. The predicted octanol–water partition coefficient (Wildman–Crippen LogP) is 1.36. The standard InChI is InChI=1S/2C5H9O2S.Zn/c2*1-2-7-5(6)3-4-8;/h2*3,8H,2,4H2,1H3;/q2*-1;+2. The number of carbonyl (C=O) groups is 2. The van der Waals surface area contributed by atoms with Crippen LogP contribution in [-0.4, -0.2) is 36.7 Å². The van der Waals surface area contributed by atoms with E-state index in [1.807, 2.05) is 0 Å². The van der Waals surface area contributed by atoms with Gasteiger partial charge in [-0.2, -0.15) is 0 Å². The summed E-state index contributed by atoms with van der Waals surface area (Å²) in [6, 6.07) is 0. The van der Waals surface area contributed by atoms with Crippen molar-refractivity contribution in [2.24, 2.45) is 0 Å². The van der Waals surface area contributed by atoms with Crippen molar-refractivity contribution in [3.05, 3.63) is 12.8 Å². The third-order valence-corrected chi connectivity index (χ3v) is 1.45. The van der Waals surface area contributed by atoms with E-state index in [-0.39, 0.29) is 31.4 Å². The van der Waals surface area contributed by atoms with E-state index in [9.17, 15) is 9.59 Å². The quantitative estimate of drug-likeness (QED) is 0.334. The summed E-state index contributed by atoms with van der Waals surface area (Å²) >= 11 is 7.59. The molecule has 0 bridgehead atoms. The van der Waals surface area contributed by atoms with Crippen LogP contribution in [-0.2, 0) is 38.5 Å². The third-order valence-electron chi connectivity index (χ3n) is 1.09. The minimum Gasteiger partial charge on any atom is -0.488 e. The first-order valence-corrected chi connectivity index (χ1v) is 6.10. The van der Waals surface area contributed by atoms with Crippen molar-refractivity contribution in [1.82, 2.24) is 0 Å². The molecule has 7 heteroatoms. The van der Waals surface area contributed by atoms with Crippen molar-refractivity contribution in [2.75, 3.05) is 24.7 Å². The molecule has 0 aliphatic heterocycles. The Morgan fingerprint density at radius 3 is 1.41 bits per heavy atom. The van der Waals surface area contributed by atoms with Crippen molar-refractivity contribution in [3.8, 4) is 0 Å². The molecule has 0 unspecified atom stereocenters. The van der Waals surface area contributed by atoms with Gasteiger partial charge in [-0.1, -0.05) is 0 Å². The fourth-order valence-electron chi connectivity index (χ4n) is 0.551. The van der Waals surface area contributed by atoms with Gasteiger partial charge in [-0.05, 0) is 13.8 Å². The summed E-state index contributed by atoms with van der Waals surface area (Å²) in [4.78, 5) is 20.6. The van der Waals surface area contributed by atoms with Crippen LogP contribution in [0.3, 0.4) is 0 Å². The van der Waals surface area contributed by atoms with E-state index in [1.54, 1.807) is 13.8 Å². The molecule has 0 N–H and O–H groups in total. The van der Waals surface area contributed by atoms with Gasteiger partial charge in [0.05, 0.1) is 13.2 Å². The molecule has 0 rings (SSSR count). The van der Waals surface area contributed by atoms with Gasteiger partial charge in [0.1, 0.15) is 0 Å². The minimum atomic E-state index is -0.289. The number of hydrogen-bond acceptors (Lipinski definition) is 6. The van der Waals surface area contributed by atoms with E-state index in [1.165, 1.54) is 12.8 Å². The van der Waals surface area contributed by atoms with E-state index in [4.69, 9.17) is 0 Å². The summed E-state index contributed by atoms with van der Waals surface area (Å²) in [6.45, 7) is 4.40. The molecule has 0 aromatic carbocycles. The fourth-order valence-corrected chi connectivity index (χ4v) is 0.850. The summed E-state index contributed by atoms with van der Waals surface area (Å²) in [5.41, 5.74) is 0. The Balaban J connectivity index is -0.000000218. The molecule has 0 aromatic rings. The van der Waals surface area contributed by atoms with E-state index in [0.717, 1.165) is 0 Å². The zero-order chi connectivity index (χ0) is 12.8.